The molecule has 8 heteroatoms. The number of aryl methyl sites for hydroxylation is 2. The first-order chi connectivity index (χ1) is 13.9. The van der Waals surface area contributed by atoms with Crippen LogP contribution in [0.3, 0.4) is 0 Å². The molecule has 0 spiro atoms. The Kier molecular flexibility index (Phi) is 6.20. The molecule has 0 saturated carbocycles. The summed E-state index contributed by atoms with van der Waals surface area (Å²) in [6, 6.07) is 6.46. The number of imidazole rings is 1. The highest BCUT2D eigenvalue weighted by Crippen LogP contribution is 2.22. The number of rotatable bonds is 8. The minimum absolute atomic E-state index is 0.131. The molecule has 0 atom stereocenters. The van der Waals surface area contributed by atoms with Crippen LogP contribution in [-0.2, 0) is 19.6 Å². The van der Waals surface area contributed by atoms with Gasteiger partial charge in [-0.2, -0.15) is 0 Å². The number of halogens is 1. The second-order valence-electron chi connectivity index (χ2n) is 7.41. The highest BCUT2D eigenvalue weighted by molar-refractivity contribution is 5.71. The molecule has 3 aromatic rings. The van der Waals surface area contributed by atoms with Crippen LogP contribution >= 0.6 is 0 Å². The minimum atomic E-state index is -0.428. The Balaban J connectivity index is 2.13. The number of benzene rings is 1. The maximum absolute atomic E-state index is 13.4. The van der Waals surface area contributed by atoms with E-state index in [0.29, 0.717) is 36.6 Å². The quantitative estimate of drug-likeness (QED) is 0.629. The van der Waals surface area contributed by atoms with Gasteiger partial charge in [0.25, 0.3) is 5.56 Å². The predicted octanol–water partition coefficient (Wildman–Crippen LogP) is 3.26. The molecule has 2 aromatic heterocycles. The van der Waals surface area contributed by atoms with Crippen molar-refractivity contribution in [3.05, 3.63) is 56.7 Å². The summed E-state index contributed by atoms with van der Waals surface area (Å²) in [6.45, 7) is 9.59. The van der Waals surface area contributed by atoms with E-state index in [1.165, 1.54) is 12.1 Å². The van der Waals surface area contributed by atoms with Gasteiger partial charge in [0.2, 0.25) is 0 Å². The highest BCUT2D eigenvalue weighted by Gasteiger charge is 2.21. The van der Waals surface area contributed by atoms with Crippen molar-refractivity contribution in [2.45, 2.75) is 66.2 Å². The fourth-order valence-electron chi connectivity index (χ4n) is 3.56. The molecule has 1 aromatic carbocycles. The van der Waals surface area contributed by atoms with Crippen molar-refractivity contribution in [1.82, 2.24) is 19.1 Å². The number of fused-ring (bicyclic) bond motifs is 1. The predicted molar refractivity (Wildman–Crippen MR) is 113 cm³/mol. The van der Waals surface area contributed by atoms with Gasteiger partial charge in [0, 0.05) is 24.8 Å². The van der Waals surface area contributed by atoms with Gasteiger partial charge in [0.15, 0.2) is 11.2 Å². The molecule has 0 radical (unpaired) electrons. The van der Waals surface area contributed by atoms with Gasteiger partial charge in [-0.15, -0.1) is 0 Å². The first kappa shape index (κ1) is 20.8. The summed E-state index contributed by atoms with van der Waals surface area (Å²) in [5, 5.41) is 0. The molecule has 1 N–H and O–H groups in total. The van der Waals surface area contributed by atoms with E-state index >= 15 is 0 Å². The molecule has 0 aliphatic rings. The van der Waals surface area contributed by atoms with Crippen molar-refractivity contribution in [3.8, 4) is 0 Å². The third kappa shape index (κ3) is 4.11. The standard InChI is InChI=1S/C21H28FN5O2/c1-5-7-12-26-19-18(20(28)24-21(26)29)25(6-2)17(23-19)13-27(14(3)4)16-10-8-15(22)9-11-16/h8-11,14H,5-7,12-13H2,1-4H3,(H,24,28,29). The minimum Gasteiger partial charge on any atom is -0.362 e. The van der Waals surface area contributed by atoms with Gasteiger partial charge in [0.05, 0.1) is 6.54 Å². The van der Waals surface area contributed by atoms with E-state index < -0.39 is 11.2 Å². The Bertz CT molecular complexity index is 1100. The summed E-state index contributed by atoms with van der Waals surface area (Å²) in [4.78, 5) is 34.2. The lowest BCUT2D eigenvalue weighted by Crippen LogP contribution is -2.32. The Hall–Kier alpha value is -2.90. The van der Waals surface area contributed by atoms with Crippen LogP contribution in [0, 0.1) is 5.82 Å². The topological polar surface area (TPSA) is 75.9 Å². The van der Waals surface area contributed by atoms with Crippen LogP contribution in [0.1, 0.15) is 46.4 Å². The van der Waals surface area contributed by atoms with E-state index in [1.54, 1.807) is 16.7 Å². The summed E-state index contributed by atoms with van der Waals surface area (Å²) >= 11 is 0. The molecule has 156 valence electrons. The van der Waals surface area contributed by atoms with Crippen LogP contribution < -0.4 is 16.1 Å². The molecule has 0 saturated heterocycles. The Morgan fingerprint density at radius 1 is 1.14 bits per heavy atom. The zero-order valence-corrected chi connectivity index (χ0v) is 17.4. The second-order valence-corrected chi connectivity index (χ2v) is 7.41. The average molecular weight is 401 g/mol. The largest absolute Gasteiger partial charge is 0.362 e. The molecular weight excluding hydrogens is 373 g/mol. The zero-order chi connectivity index (χ0) is 21.1. The summed E-state index contributed by atoms with van der Waals surface area (Å²) in [5.74, 6) is 0.409. The molecular formula is C21H28FN5O2. The molecule has 0 aliphatic heterocycles. The fourth-order valence-corrected chi connectivity index (χ4v) is 3.56. The lowest BCUT2D eigenvalue weighted by atomic mass is 10.2. The van der Waals surface area contributed by atoms with Crippen molar-refractivity contribution in [1.29, 1.82) is 0 Å². The van der Waals surface area contributed by atoms with Gasteiger partial charge in [-0.3, -0.25) is 14.3 Å². The lowest BCUT2D eigenvalue weighted by molar-refractivity contribution is 0.612. The summed E-state index contributed by atoms with van der Waals surface area (Å²) in [5.41, 5.74) is 0.861. The molecule has 7 nitrogen and oxygen atoms in total. The molecule has 0 unspecified atom stereocenters. The number of aromatic amines is 1. The van der Waals surface area contributed by atoms with Gasteiger partial charge in [0.1, 0.15) is 11.6 Å². The average Bonchev–Trinajstić information content (AvgIpc) is 3.05. The smallest absolute Gasteiger partial charge is 0.330 e. The van der Waals surface area contributed by atoms with E-state index in [4.69, 9.17) is 4.98 Å². The third-order valence-electron chi connectivity index (χ3n) is 5.11. The number of hydrogen-bond donors (Lipinski definition) is 1. The van der Waals surface area contributed by atoms with Crippen LogP contribution in [0.4, 0.5) is 10.1 Å². The van der Waals surface area contributed by atoms with Gasteiger partial charge in [-0.05, 0) is 51.5 Å². The van der Waals surface area contributed by atoms with Crippen molar-refractivity contribution >= 4 is 16.9 Å². The maximum Gasteiger partial charge on any atom is 0.330 e. The van der Waals surface area contributed by atoms with Crippen LogP contribution in [0.15, 0.2) is 33.9 Å². The number of H-pyrrole nitrogens is 1. The lowest BCUT2D eigenvalue weighted by Gasteiger charge is -2.28. The molecule has 2 heterocycles. The zero-order valence-electron chi connectivity index (χ0n) is 17.4. The van der Waals surface area contributed by atoms with Crippen LogP contribution in [-0.4, -0.2) is 25.1 Å². The second kappa shape index (κ2) is 8.63. The molecule has 0 aliphatic carbocycles. The van der Waals surface area contributed by atoms with Gasteiger partial charge in [-0.25, -0.2) is 14.2 Å². The Morgan fingerprint density at radius 2 is 1.83 bits per heavy atom. The van der Waals surface area contributed by atoms with Crippen LogP contribution in [0.2, 0.25) is 0 Å². The highest BCUT2D eigenvalue weighted by atomic mass is 19.1. The van der Waals surface area contributed by atoms with Crippen molar-refractivity contribution in [2.24, 2.45) is 0 Å². The molecule has 0 amide bonds. The Morgan fingerprint density at radius 3 is 2.41 bits per heavy atom. The SMILES string of the molecule is CCCCn1c(=O)[nH]c(=O)c2c1nc(CN(c1ccc(F)cc1)C(C)C)n2CC. The van der Waals surface area contributed by atoms with Gasteiger partial charge >= 0.3 is 5.69 Å². The number of nitrogens with zero attached hydrogens (tertiary/aromatic N) is 4. The molecule has 29 heavy (non-hydrogen) atoms. The Labute approximate surface area is 168 Å². The number of anilines is 1. The van der Waals surface area contributed by atoms with E-state index in [2.05, 4.69) is 9.88 Å². The van der Waals surface area contributed by atoms with Crippen LogP contribution in [0.5, 0.6) is 0 Å². The first-order valence-corrected chi connectivity index (χ1v) is 10.1. The van der Waals surface area contributed by atoms with Crippen LogP contribution in [0.25, 0.3) is 11.2 Å². The fraction of sp³-hybridized carbons (Fsp3) is 0.476. The number of aromatic nitrogens is 4. The van der Waals surface area contributed by atoms with E-state index in [1.807, 2.05) is 32.3 Å². The van der Waals surface area contributed by atoms with Gasteiger partial charge < -0.3 is 9.47 Å². The first-order valence-electron chi connectivity index (χ1n) is 10.1. The maximum atomic E-state index is 13.4. The molecule has 0 fully saturated rings. The monoisotopic (exact) mass is 401 g/mol. The van der Waals surface area contributed by atoms with Crippen molar-refractivity contribution < 1.29 is 4.39 Å². The van der Waals surface area contributed by atoms with E-state index in [0.717, 1.165) is 18.5 Å². The molecule has 3 rings (SSSR count). The number of nitrogens with one attached hydrogen (secondary N) is 1. The molecule has 0 bridgehead atoms. The summed E-state index contributed by atoms with van der Waals surface area (Å²) in [6.07, 6.45) is 1.75. The van der Waals surface area contributed by atoms with E-state index in [9.17, 15) is 14.0 Å². The van der Waals surface area contributed by atoms with Crippen molar-refractivity contribution in [3.63, 3.8) is 0 Å². The summed E-state index contributed by atoms with van der Waals surface area (Å²) in [7, 11) is 0. The van der Waals surface area contributed by atoms with Crippen molar-refractivity contribution in [2.75, 3.05) is 4.90 Å². The number of unbranched alkanes of at least 4 members (excludes halogenated alkanes) is 1. The normalized spacial score (nSPS) is 11.5. The summed E-state index contributed by atoms with van der Waals surface area (Å²) < 4.78 is 16.8. The third-order valence-corrected chi connectivity index (χ3v) is 5.11. The number of hydrogen-bond acceptors (Lipinski definition) is 4. The van der Waals surface area contributed by atoms with E-state index in [-0.39, 0.29) is 11.9 Å². The van der Waals surface area contributed by atoms with Gasteiger partial charge in [-0.1, -0.05) is 13.3 Å².